The zero-order valence-corrected chi connectivity index (χ0v) is 11.3. The number of hydrogen-bond acceptors (Lipinski definition) is 3. The molecule has 1 aliphatic carbocycles. The minimum Gasteiger partial charge on any atom is -0.384 e. The van der Waals surface area contributed by atoms with Crippen molar-refractivity contribution in [2.75, 3.05) is 5.73 Å². The van der Waals surface area contributed by atoms with Gasteiger partial charge in [0.2, 0.25) is 0 Å². The Morgan fingerprint density at radius 3 is 3.05 bits per heavy atom. The second-order valence-electron chi connectivity index (χ2n) is 5.57. The molecule has 2 N–H and O–H groups in total. The normalized spacial score (nSPS) is 22.8. The zero-order valence-electron chi connectivity index (χ0n) is 11.3. The van der Waals surface area contributed by atoms with Gasteiger partial charge in [-0.2, -0.15) is 0 Å². The van der Waals surface area contributed by atoms with Crippen LogP contribution in [-0.2, 0) is 6.54 Å². The Morgan fingerprint density at radius 2 is 2.32 bits per heavy atom. The first-order valence-electron chi connectivity index (χ1n) is 6.96. The Hall–Kier alpha value is -1.84. The van der Waals surface area contributed by atoms with E-state index in [4.69, 9.17) is 5.73 Å². The lowest BCUT2D eigenvalue weighted by molar-refractivity contribution is 0.365. The summed E-state index contributed by atoms with van der Waals surface area (Å²) in [6, 6.07) is 3.90. The number of nitrogen functional groups attached to an aromatic ring is 1. The van der Waals surface area contributed by atoms with Crippen molar-refractivity contribution in [3.8, 4) is 11.3 Å². The lowest BCUT2D eigenvalue weighted by Crippen LogP contribution is -2.13. The topological polar surface area (TPSA) is 56.7 Å². The highest BCUT2D eigenvalue weighted by atomic mass is 15.0. The number of pyridine rings is 1. The lowest BCUT2D eigenvalue weighted by atomic mass is 9.98. The van der Waals surface area contributed by atoms with Crippen molar-refractivity contribution in [1.82, 2.24) is 14.5 Å². The fourth-order valence-electron chi connectivity index (χ4n) is 3.06. The Labute approximate surface area is 113 Å². The second-order valence-corrected chi connectivity index (χ2v) is 5.57. The molecule has 19 heavy (non-hydrogen) atoms. The predicted molar refractivity (Wildman–Crippen MR) is 76.4 cm³/mol. The highest BCUT2D eigenvalue weighted by molar-refractivity contribution is 5.61. The maximum Gasteiger partial charge on any atom is 0.123 e. The van der Waals surface area contributed by atoms with Gasteiger partial charge in [-0.15, -0.1) is 0 Å². The molecule has 2 unspecified atom stereocenters. The van der Waals surface area contributed by atoms with Crippen molar-refractivity contribution in [1.29, 1.82) is 0 Å². The number of anilines is 1. The van der Waals surface area contributed by atoms with E-state index in [0.29, 0.717) is 5.82 Å². The van der Waals surface area contributed by atoms with Crippen LogP contribution in [0.25, 0.3) is 11.3 Å². The Morgan fingerprint density at radius 1 is 1.42 bits per heavy atom. The molecule has 4 heteroatoms. The molecule has 0 radical (unpaired) electrons. The van der Waals surface area contributed by atoms with Crippen LogP contribution in [0.5, 0.6) is 0 Å². The third-order valence-electron chi connectivity index (χ3n) is 4.26. The summed E-state index contributed by atoms with van der Waals surface area (Å²) in [5, 5.41) is 0. The number of rotatable bonds is 3. The van der Waals surface area contributed by atoms with Gasteiger partial charge in [0.1, 0.15) is 5.82 Å². The summed E-state index contributed by atoms with van der Waals surface area (Å²) < 4.78 is 2.25. The molecule has 4 nitrogen and oxygen atoms in total. The molecule has 0 amide bonds. The Kier molecular flexibility index (Phi) is 3.23. The van der Waals surface area contributed by atoms with E-state index in [1.165, 1.54) is 19.3 Å². The minimum absolute atomic E-state index is 0.555. The number of nitrogens with zero attached hydrogens (tertiary/aromatic N) is 3. The van der Waals surface area contributed by atoms with Crippen LogP contribution in [0.3, 0.4) is 0 Å². The fraction of sp³-hybridized carbons (Fsp3) is 0.467. The van der Waals surface area contributed by atoms with E-state index < -0.39 is 0 Å². The summed E-state index contributed by atoms with van der Waals surface area (Å²) in [7, 11) is 0. The van der Waals surface area contributed by atoms with Gasteiger partial charge in [-0.25, -0.2) is 9.97 Å². The van der Waals surface area contributed by atoms with Gasteiger partial charge in [-0.3, -0.25) is 0 Å². The minimum atomic E-state index is 0.555. The van der Waals surface area contributed by atoms with Crippen molar-refractivity contribution >= 4 is 5.82 Å². The summed E-state index contributed by atoms with van der Waals surface area (Å²) in [5.41, 5.74) is 7.99. The van der Waals surface area contributed by atoms with Gasteiger partial charge in [0.15, 0.2) is 0 Å². The zero-order chi connectivity index (χ0) is 13.2. The molecule has 2 heterocycles. The molecule has 0 aromatic carbocycles. The first-order chi connectivity index (χ1) is 9.24. The van der Waals surface area contributed by atoms with Crippen molar-refractivity contribution in [3.05, 3.63) is 30.9 Å². The van der Waals surface area contributed by atoms with E-state index in [1.54, 1.807) is 6.20 Å². The van der Waals surface area contributed by atoms with E-state index in [0.717, 1.165) is 29.6 Å². The summed E-state index contributed by atoms with van der Waals surface area (Å²) >= 11 is 0. The van der Waals surface area contributed by atoms with Gasteiger partial charge >= 0.3 is 0 Å². The molecular formula is C15H20N4. The van der Waals surface area contributed by atoms with E-state index >= 15 is 0 Å². The van der Waals surface area contributed by atoms with Crippen LogP contribution >= 0.6 is 0 Å². The van der Waals surface area contributed by atoms with E-state index in [-0.39, 0.29) is 0 Å². The van der Waals surface area contributed by atoms with Crippen LogP contribution < -0.4 is 5.73 Å². The van der Waals surface area contributed by atoms with Gasteiger partial charge in [0.25, 0.3) is 0 Å². The number of nitrogens with two attached hydrogens (primary N) is 1. The molecule has 0 spiro atoms. The molecular weight excluding hydrogens is 236 g/mol. The van der Waals surface area contributed by atoms with Crippen LogP contribution in [0, 0.1) is 11.8 Å². The monoisotopic (exact) mass is 256 g/mol. The van der Waals surface area contributed by atoms with Gasteiger partial charge in [0.05, 0.1) is 18.2 Å². The molecule has 0 bridgehead atoms. The molecule has 1 saturated carbocycles. The first kappa shape index (κ1) is 12.2. The average Bonchev–Trinajstić information content (AvgIpc) is 3.00. The van der Waals surface area contributed by atoms with Crippen LogP contribution in [0.15, 0.2) is 30.9 Å². The van der Waals surface area contributed by atoms with Gasteiger partial charge in [0, 0.05) is 18.3 Å². The molecule has 2 atom stereocenters. The molecule has 1 fully saturated rings. The molecule has 1 aliphatic rings. The van der Waals surface area contributed by atoms with Crippen molar-refractivity contribution in [2.24, 2.45) is 11.8 Å². The highest BCUT2D eigenvalue weighted by Gasteiger charge is 2.24. The summed E-state index contributed by atoms with van der Waals surface area (Å²) in [5.74, 6) is 2.14. The average molecular weight is 256 g/mol. The molecule has 3 rings (SSSR count). The van der Waals surface area contributed by atoms with Gasteiger partial charge < -0.3 is 10.3 Å². The van der Waals surface area contributed by atoms with E-state index in [1.807, 2.05) is 24.7 Å². The summed E-state index contributed by atoms with van der Waals surface area (Å²) in [4.78, 5) is 8.34. The van der Waals surface area contributed by atoms with Crippen molar-refractivity contribution in [2.45, 2.75) is 32.7 Å². The highest BCUT2D eigenvalue weighted by Crippen LogP contribution is 2.33. The number of hydrogen-bond donors (Lipinski definition) is 1. The van der Waals surface area contributed by atoms with E-state index in [9.17, 15) is 0 Å². The van der Waals surface area contributed by atoms with Gasteiger partial charge in [-0.1, -0.05) is 19.8 Å². The fourth-order valence-corrected chi connectivity index (χ4v) is 3.06. The number of imidazole rings is 1. The molecule has 0 saturated heterocycles. The van der Waals surface area contributed by atoms with Gasteiger partial charge in [-0.05, 0) is 30.4 Å². The third-order valence-corrected chi connectivity index (χ3v) is 4.26. The smallest absolute Gasteiger partial charge is 0.123 e. The maximum absolute atomic E-state index is 5.76. The van der Waals surface area contributed by atoms with Crippen LogP contribution in [0.4, 0.5) is 5.82 Å². The maximum atomic E-state index is 5.76. The molecule has 100 valence electrons. The van der Waals surface area contributed by atoms with Crippen molar-refractivity contribution in [3.63, 3.8) is 0 Å². The standard InChI is InChI=1S/C15H20N4/c1-11-3-2-4-13(11)9-19-10-17-8-14(19)12-5-6-18-15(16)7-12/h5-8,10-11,13H,2-4,9H2,1H3,(H2,16,18). The Bertz CT molecular complexity index is 561. The van der Waals surface area contributed by atoms with Crippen molar-refractivity contribution < 1.29 is 0 Å². The largest absolute Gasteiger partial charge is 0.384 e. The second kappa shape index (κ2) is 5.03. The molecule has 2 aromatic heterocycles. The Balaban J connectivity index is 1.86. The lowest BCUT2D eigenvalue weighted by Gasteiger charge is -2.17. The third kappa shape index (κ3) is 2.48. The summed E-state index contributed by atoms with van der Waals surface area (Å²) in [6.45, 7) is 3.41. The van der Waals surface area contributed by atoms with E-state index in [2.05, 4.69) is 21.5 Å². The number of aromatic nitrogens is 3. The quantitative estimate of drug-likeness (QED) is 0.918. The van der Waals surface area contributed by atoms with Crippen LogP contribution in [0.1, 0.15) is 26.2 Å². The first-order valence-corrected chi connectivity index (χ1v) is 6.96. The molecule has 0 aliphatic heterocycles. The van der Waals surface area contributed by atoms with Crippen LogP contribution in [-0.4, -0.2) is 14.5 Å². The van der Waals surface area contributed by atoms with Crippen LogP contribution in [0.2, 0.25) is 0 Å². The predicted octanol–water partition coefficient (Wildman–Crippen LogP) is 2.96. The summed E-state index contributed by atoms with van der Waals surface area (Å²) in [6.07, 6.45) is 9.64. The molecule has 2 aromatic rings. The SMILES string of the molecule is CC1CCCC1Cn1cncc1-c1ccnc(N)c1.